The molecule has 2 N–H and O–H groups in total. The molecular formula is C14H18N2O3S. The van der Waals surface area contributed by atoms with E-state index in [1.807, 2.05) is 19.1 Å². The lowest BCUT2D eigenvalue weighted by Crippen LogP contribution is -2.13. The molecule has 2 aromatic rings. The first-order valence-electron chi connectivity index (χ1n) is 6.26. The minimum absolute atomic E-state index is 0.171. The second-order valence-corrected chi connectivity index (χ2v) is 6.29. The van der Waals surface area contributed by atoms with Crippen LogP contribution in [0.15, 0.2) is 39.6 Å². The molecule has 1 heterocycles. The van der Waals surface area contributed by atoms with Gasteiger partial charge in [-0.05, 0) is 38.6 Å². The molecular weight excluding hydrogens is 276 g/mol. The molecule has 0 aliphatic rings. The number of furan rings is 1. The molecule has 0 saturated carbocycles. The third kappa shape index (κ3) is 3.20. The Morgan fingerprint density at radius 1 is 1.20 bits per heavy atom. The van der Waals surface area contributed by atoms with Crippen LogP contribution in [0.25, 0.3) is 0 Å². The molecule has 0 aliphatic carbocycles. The summed E-state index contributed by atoms with van der Waals surface area (Å²) in [6.45, 7) is 4.04. The Kier molecular flexibility index (Phi) is 4.15. The number of anilines is 1. The molecule has 2 rings (SSSR count). The zero-order valence-electron chi connectivity index (χ0n) is 11.7. The number of rotatable bonds is 5. The second-order valence-electron chi connectivity index (χ2n) is 4.64. The molecule has 0 radical (unpaired) electrons. The van der Waals surface area contributed by atoms with E-state index in [1.165, 1.54) is 0 Å². The van der Waals surface area contributed by atoms with Gasteiger partial charge < -0.3 is 9.73 Å². The Hall–Kier alpha value is -1.79. The lowest BCUT2D eigenvalue weighted by molar-refractivity contribution is 0.466. The van der Waals surface area contributed by atoms with Gasteiger partial charge in [0.1, 0.15) is 16.4 Å². The van der Waals surface area contributed by atoms with Gasteiger partial charge in [0, 0.05) is 11.8 Å². The molecule has 108 valence electrons. The first-order valence-corrected chi connectivity index (χ1v) is 7.74. The number of hydrogen-bond donors (Lipinski definition) is 2. The monoisotopic (exact) mass is 294 g/mol. The fourth-order valence-electron chi connectivity index (χ4n) is 1.97. The van der Waals surface area contributed by atoms with Crippen molar-refractivity contribution in [1.29, 1.82) is 0 Å². The third-order valence-corrected chi connectivity index (χ3v) is 4.32. The van der Waals surface area contributed by atoms with Crippen molar-refractivity contribution in [3.8, 4) is 0 Å². The zero-order valence-corrected chi connectivity index (χ0v) is 12.5. The molecule has 1 aromatic heterocycles. The highest BCUT2D eigenvalue weighted by molar-refractivity contribution is 7.92. The fourth-order valence-corrected chi connectivity index (χ4v) is 3.22. The SMILES string of the molecule is CNCc1cc(S(=O)(=O)Nc2cccc(C)c2)c(C)o1. The Morgan fingerprint density at radius 2 is 1.95 bits per heavy atom. The highest BCUT2D eigenvalue weighted by atomic mass is 32.2. The number of aryl methyl sites for hydroxylation is 2. The lowest BCUT2D eigenvalue weighted by atomic mass is 10.2. The normalized spacial score (nSPS) is 11.6. The summed E-state index contributed by atoms with van der Waals surface area (Å²) in [4.78, 5) is 0.171. The molecule has 1 aromatic carbocycles. The van der Waals surface area contributed by atoms with Crippen LogP contribution in [0.1, 0.15) is 17.1 Å². The molecule has 0 fully saturated rings. The van der Waals surface area contributed by atoms with Gasteiger partial charge in [-0.15, -0.1) is 0 Å². The van der Waals surface area contributed by atoms with Crippen LogP contribution in [0.5, 0.6) is 0 Å². The predicted molar refractivity (Wildman–Crippen MR) is 78.2 cm³/mol. The van der Waals surface area contributed by atoms with Crippen molar-refractivity contribution >= 4 is 15.7 Å². The fraction of sp³-hybridized carbons (Fsp3) is 0.286. The van der Waals surface area contributed by atoms with Crippen molar-refractivity contribution in [2.75, 3.05) is 11.8 Å². The quantitative estimate of drug-likeness (QED) is 0.888. The van der Waals surface area contributed by atoms with E-state index >= 15 is 0 Å². The summed E-state index contributed by atoms with van der Waals surface area (Å²) in [6.07, 6.45) is 0. The largest absolute Gasteiger partial charge is 0.464 e. The van der Waals surface area contributed by atoms with Gasteiger partial charge in [0.25, 0.3) is 10.0 Å². The van der Waals surface area contributed by atoms with E-state index in [-0.39, 0.29) is 4.90 Å². The van der Waals surface area contributed by atoms with Gasteiger partial charge in [0.05, 0.1) is 6.54 Å². The van der Waals surface area contributed by atoms with Crippen molar-refractivity contribution in [3.63, 3.8) is 0 Å². The topological polar surface area (TPSA) is 71.3 Å². The van der Waals surface area contributed by atoms with Crippen molar-refractivity contribution < 1.29 is 12.8 Å². The molecule has 0 spiro atoms. The molecule has 0 atom stereocenters. The molecule has 0 aliphatic heterocycles. The van der Waals surface area contributed by atoms with E-state index < -0.39 is 10.0 Å². The van der Waals surface area contributed by atoms with Crippen LogP contribution in [-0.4, -0.2) is 15.5 Å². The average Bonchev–Trinajstić information content (AvgIpc) is 2.71. The summed E-state index contributed by atoms with van der Waals surface area (Å²) in [7, 11) is -1.85. The van der Waals surface area contributed by atoms with Gasteiger partial charge in [0.15, 0.2) is 0 Å². The first kappa shape index (κ1) is 14.6. The van der Waals surface area contributed by atoms with Crippen LogP contribution < -0.4 is 10.0 Å². The summed E-state index contributed by atoms with van der Waals surface area (Å²) in [5, 5.41) is 2.92. The maximum absolute atomic E-state index is 12.4. The maximum atomic E-state index is 12.4. The standard InChI is InChI=1S/C14H18N2O3S/c1-10-5-4-6-12(7-10)16-20(17,18)14-8-13(9-15-3)19-11(14)2/h4-8,15-16H,9H2,1-3H3. The Bertz CT molecular complexity index is 705. The number of sulfonamides is 1. The van der Waals surface area contributed by atoms with E-state index in [9.17, 15) is 8.42 Å². The predicted octanol–water partition coefficient (Wildman–Crippen LogP) is 2.42. The van der Waals surface area contributed by atoms with Crippen molar-refractivity contribution in [2.45, 2.75) is 25.3 Å². The van der Waals surface area contributed by atoms with Gasteiger partial charge in [-0.1, -0.05) is 12.1 Å². The van der Waals surface area contributed by atoms with E-state index in [1.54, 1.807) is 32.2 Å². The van der Waals surface area contributed by atoms with Gasteiger partial charge in [-0.2, -0.15) is 0 Å². The molecule has 6 heteroatoms. The third-order valence-electron chi connectivity index (χ3n) is 2.83. The smallest absolute Gasteiger partial charge is 0.265 e. The zero-order chi connectivity index (χ0) is 14.8. The van der Waals surface area contributed by atoms with Crippen molar-refractivity contribution in [2.24, 2.45) is 0 Å². The molecule has 0 saturated heterocycles. The molecule has 0 amide bonds. The summed E-state index contributed by atoms with van der Waals surface area (Å²) in [5.74, 6) is 0.977. The first-order chi connectivity index (χ1) is 9.42. The average molecular weight is 294 g/mol. The van der Waals surface area contributed by atoms with Crippen molar-refractivity contribution in [1.82, 2.24) is 5.32 Å². The second kappa shape index (κ2) is 5.68. The number of nitrogens with one attached hydrogen (secondary N) is 2. The minimum Gasteiger partial charge on any atom is -0.464 e. The van der Waals surface area contributed by atoms with E-state index in [0.29, 0.717) is 23.8 Å². The number of hydrogen-bond acceptors (Lipinski definition) is 4. The highest BCUT2D eigenvalue weighted by Gasteiger charge is 2.21. The summed E-state index contributed by atoms with van der Waals surface area (Å²) in [5.41, 5.74) is 1.53. The van der Waals surface area contributed by atoms with Crippen LogP contribution in [0.4, 0.5) is 5.69 Å². The minimum atomic E-state index is -3.63. The van der Waals surface area contributed by atoms with Crippen LogP contribution in [0.3, 0.4) is 0 Å². The van der Waals surface area contributed by atoms with Gasteiger partial charge >= 0.3 is 0 Å². The molecule has 0 unspecified atom stereocenters. The highest BCUT2D eigenvalue weighted by Crippen LogP contribution is 2.23. The molecule has 20 heavy (non-hydrogen) atoms. The van der Waals surface area contributed by atoms with Gasteiger partial charge in [-0.25, -0.2) is 8.42 Å². The van der Waals surface area contributed by atoms with Gasteiger partial charge in [0.2, 0.25) is 0 Å². The Labute approximate surface area is 119 Å². The van der Waals surface area contributed by atoms with Crippen LogP contribution in [-0.2, 0) is 16.6 Å². The Morgan fingerprint density at radius 3 is 2.60 bits per heavy atom. The molecule has 5 nitrogen and oxygen atoms in total. The number of benzene rings is 1. The van der Waals surface area contributed by atoms with E-state index in [4.69, 9.17) is 4.42 Å². The van der Waals surface area contributed by atoms with Crippen LogP contribution >= 0.6 is 0 Å². The van der Waals surface area contributed by atoms with E-state index in [0.717, 1.165) is 5.56 Å². The lowest BCUT2D eigenvalue weighted by Gasteiger charge is -2.07. The maximum Gasteiger partial charge on any atom is 0.265 e. The van der Waals surface area contributed by atoms with Gasteiger partial charge in [-0.3, -0.25) is 4.72 Å². The van der Waals surface area contributed by atoms with Crippen molar-refractivity contribution in [3.05, 3.63) is 47.4 Å². The molecule has 0 bridgehead atoms. The summed E-state index contributed by atoms with van der Waals surface area (Å²) in [6, 6.07) is 8.76. The Balaban J connectivity index is 2.30. The summed E-state index contributed by atoms with van der Waals surface area (Å²) < 4.78 is 32.7. The summed E-state index contributed by atoms with van der Waals surface area (Å²) >= 11 is 0. The van der Waals surface area contributed by atoms with Crippen LogP contribution in [0, 0.1) is 13.8 Å². The van der Waals surface area contributed by atoms with E-state index in [2.05, 4.69) is 10.0 Å². The van der Waals surface area contributed by atoms with Crippen LogP contribution in [0.2, 0.25) is 0 Å².